The average molecular weight is 286 g/mol. The number of carbonyl (C=O) groups excluding carboxylic acids is 1. The van der Waals surface area contributed by atoms with Crippen molar-refractivity contribution in [3.05, 3.63) is 23.8 Å². The second kappa shape index (κ2) is 6.53. The SMILES string of the molecule is CCCC(=O)NCc1cc(S(N)(=O)=O)ccc1OC. The van der Waals surface area contributed by atoms with Crippen molar-refractivity contribution in [2.75, 3.05) is 7.11 Å². The minimum absolute atomic E-state index is 0.00644. The number of carbonyl (C=O) groups is 1. The van der Waals surface area contributed by atoms with E-state index in [0.717, 1.165) is 6.42 Å². The molecule has 3 N–H and O–H groups in total. The predicted molar refractivity (Wildman–Crippen MR) is 71.1 cm³/mol. The number of hydrogen-bond acceptors (Lipinski definition) is 4. The summed E-state index contributed by atoms with van der Waals surface area (Å²) in [5.41, 5.74) is 0.568. The maximum atomic E-state index is 11.4. The highest BCUT2D eigenvalue weighted by atomic mass is 32.2. The first-order valence-electron chi connectivity index (χ1n) is 5.85. The van der Waals surface area contributed by atoms with Gasteiger partial charge in [0.05, 0.1) is 12.0 Å². The summed E-state index contributed by atoms with van der Waals surface area (Å²) in [7, 11) is -2.29. The third kappa shape index (κ3) is 4.53. The minimum Gasteiger partial charge on any atom is -0.496 e. The van der Waals surface area contributed by atoms with Crippen molar-refractivity contribution in [1.82, 2.24) is 5.32 Å². The van der Waals surface area contributed by atoms with Crippen molar-refractivity contribution in [3.8, 4) is 5.75 Å². The van der Waals surface area contributed by atoms with Crippen LogP contribution in [0.1, 0.15) is 25.3 Å². The molecule has 0 atom stereocenters. The molecule has 0 spiro atoms. The molecule has 19 heavy (non-hydrogen) atoms. The molecular formula is C12H18N2O4S. The molecule has 106 valence electrons. The van der Waals surface area contributed by atoms with Gasteiger partial charge in [-0.1, -0.05) is 6.92 Å². The molecule has 1 aromatic rings. The Bertz CT molecular complexity index is 555. The molecular weight excluding hydrogens is 268 g/mol. The molecule has 0 bridgehead atoms. The number of methoxy groups -OCH3 is 1. The summed E-state index contributed by atoms with van der Waals surface area (Å²) in [6, 6.07) is 4.28. The van der Waals surface area contributed by atoms with Gasteiger partial charge in [0.2, 0.25) is 15.9 Å². The number of benzene rings is 1. The highest BCUT2D eigenvalue weighted by molar-refractivity contribution is 7.89. The number of nitrogens with one attached hydrogen (secondary N) is 1. The van der Waals surface area contributed by atoms with Crippen molar-refractivity contribution >= 4 is 15.9 Å². The van der Waals surface area contributed by atoms with Crippen LogP contribution in [0.5, 0.6) is 5.75 Å². The lowest BCUT2D eigenvalue weighted by molar-refractivity contribution is -0.121. The maximum Gasteiger partial charge on any atom is 0.238 e. The van der Waals surface area contributed by atoms with Gasteiger partial charge in [-0.15, -0.1) is 0 Å². The smallest absolute Gasteiger partial charge is 0.238 e. The molecule has 0 saturated heterocycles. The summed E-state index contributed by atoms with van der Waals surface area (Å²) < 4.78 is 27.7. The quantitative estimate of drug-likeness (QED) is 0.806. The maximum absolute atomic E-state index is 11.4. The first-order valence-corrected chi connectivity index (χ1v) is 7.39. The Morgan fingerprint density at radius 1 is 1.42 bits per heavy atom. The van der Waals surface area contributed by atoms with Gasteiger partial charge < -0.3 is 10.1 Å². The topological polar surface area (TPSA) is 98.5 Å². The van der Waals surface area contributed by atoms with Crippen LogP contribution in [0.4, 0.5) is 0 Å². The van der Waals surface area contributed by atoms with Crippen molar-refractivity contribution in [3.63, 3.8) is 0 Å². The van der Waals surface area contributed by atoms with E-state index in [0.29, 0.717) is 17.7 Å². The van der Waals surface area contributed by atoms with Gasteiger partial charge >= 0.3 is 0 Å². The van der Waals surface area contributed by atoms with E-state index in [1.54, 1.807) is 0 Å². The Kier molecular flexibility index (Phi) is 5.31. The molecule has 0 aliphatic heterocycles. The molecule has 1 rings (SSSR count). The summed E-state index contributed by atoms with van der Waals surface area (Å²) in [5, 5.41) is 7.76. The molecule has 6 nitrogen and oxygen atoms in total. The van der Waals surface area contributed by atoms with Crippen LogP contribution in [0.15, 0.2) is 23.1 Å². The highest BCUT2D eigenvalue weighted by Gasteiger charge is 2.12. The standard InChI is InChI=1S/C12H18N2O4S/c1-3-4-12(15)14-8-9-7-10(19(13,16)17)5-6-11(9)18-2/h5-7H,3-4,8H2,1-2H3,(H,14,15)(H2,13,16,17). The molecule has 0 saturated carbocycles. The Morgan fingerprint density at radius 3 is 2.63 bits per heavy atom. The Balaban J connectivity index is 2.94. The van der Waals surface area contributed by atoms with Crippen molar-refractivity contribution < 1.29 is 17.9 Å². The molecule has 1 aromatic carbocycles. The summed E-state index contributed by atoms with van der Waals surface area (Å²) in [6.07, 6.45) is 1.18. The van der Waals surface area contributed by atoms with Gasteiger partial charge in [-0.25, -0.2) is 13.6 Å². The fraction of sp³-hybridized carbons (Fsp3) is 0.417. The summed E-state index contributed by atoms with van der Waals surface area (Å²) >= 11 is 0. The van der Waals surface area contributed by atoms with Gasteiger partial charge in [0.1, 0.15) is 5.75 Å². The summed E-state index contributed by atoms with van der Waals surface area (Å²) in [4.78, 5) is 11.4. The van der Waals surface area contributed by atoms with Gasteiger partial charge in [-0.05, 0) is 24.6 Å². The molecule has 1 amide bonds. The van der Waals surface area contributed by atoms with Gasteiger partial charge in [0.15, 0.2) is 0 Å². The molecule has 0 radical (unpaired) electrons. The van der Waals surface area contributed by atoms with Gasteiger partial charge in [-0.2, -0.15) is 0 Å². The number of rotatable bonds is 6. The number of hydrogen-bond donors (Lipinski definition) is 2. The minimum atomic E-state index is -3.77. The fourth-order valence-corrected chi connectivity index (χ4v) is 2.14. The molecule has 7 heteroatoms. The number of amides is 1. The third-order valence-electron chi connectivity index (χ3n) is 2.53. The first-order chi connectivity index (χ1) is 8.88. The molecule has 0 unspecified atom stereocenters. The van der Waals surface area contributed by atoms with E-state index in [1.807, 2.05) is 6.92 Å². The van der Waals surface area contributed by atoms with E-state index in [4.69, 9.17) is 9.88 Å². The molecule has 0 aliphatic rings. The van der Waals surface area contributed by atoms with E-state index >= 15 is 0 Å². The molecule has 0 fully saturated rings. The zero-order valence-corrected chi connectivity index (χ0v) is 11.8. The largest absolute Gasteiger partial charge is 0.496 e. The average Bonchev–Trinajstić information content (AvgIpc) is 2.35. The number of sulfonamides is 1. The monoisotopic (exact) mass is 286 g/mol. The van der Waals surface area contributed by atoms with Crippen molar-refractivity contribution in [2.24, 2.45) is 5.14 Å². The lowest BCUT2D eigenvalue weighted by Gasteiger charge is -2.11. The van der Waals surface area contributed by atoms with Crippen molar-refractivity contribution in [1.29, 1.82) is 0 Å². The van der Waals surface area contributed by atoms with Crippen LogP contribution in [0.2, 0.25) is 0 Å². The normalized spacial score (nSPS) is 11.1. The fourth-order valence-electron chi connectivity index (χ4n) is 1.58. The highest BCUT2D eigenvalue weighted by Crippen LogP contribution is 2.21. The predicted octanol–water partition coefficient (Wildman–Crippen LogP) is 0.759. The first kappa shape index (κ1) is 15.5. The van der Waals surface area contributed by atoms with Gasteiger partial charge in [0, 0.05) is 18.5 Å². The second-order valence-corrected chi connectivity index (χ2v) is 5.61. The molecule has 0 heterocycles. The molecule has 0 aromatic heterocycles. The summed E-state index contributed by atoms with van der Waals surface area (Å²) in [5.74, 6) is 0.412. The lowest BCUT2D eigenvalue weighted by atomic mass is 10.2. The molecule has 0 aliphatic carbocycles. The number of primary sulfonamides is 1. The van der Waals surface area contributed by atoms with Gasteiger partial charge in [-0.3, -0.25) is 4.79 Å². The van der Waals surface area contributed by atoms with Crippen LogP contribution < -0.4 is 15.2 Å². The summed E-state index contributed by atoms with van der Waals surface area (Å²) in [6.45, 7) is 2.10. The van der Waals surface area contributed by atoms with E-state index in [1.165, 1.54) is 25.3 Å². The van der Waals surface area contributed by atoms with E-state index < -0.39 is 10.0 Å². The zero-order valence-electron chi connectivity index (χ0n) is 11.0. The number of ether oxygens (including phenoxy) is 1. The Labute approximate surface area is 113 Å². The van der Waals surface area contributed by atoms with Crippen LogP contribution in [0.3, 0.4) is 0 Å². The van der Waals surface area contributed by atoms with E-state index in [9.17, 15) is 13.2 Å². The van der Waals surface area contributed by atoms with Gasteiger partial charge in [0.25, 0.3) is 0 Å². The van der Waals surface area contributed by atoms with Crippen molar-refractivity contribution in [2.45, 2.75) is 31.2 Å². The second-order valence-electron chi connectivity index (χ2n) is 4.05. The number of nitrogens with two attached hydrogens (primary N) is 1. The van der Waals surface area contributed by atoms with Crippen LogP contribution in [-0.4, -0.2) is 21.4 Å². The lowest BCUT2D eigenvalue weighted by Crippen LogP contribution is -2.22. The Hall–Kier alpha value is -1.60. The van der Waals surface area contributed by atoms with Crippen LogP contribution in [0, 0.1) is 0 Å². The van der Waals surface area contributed by atoms with E-state index in [-0.39, 0.29) is 17.3 Å². The van der Waals surface area contributed by atoms with Crippen LogP contribution in [0.25, 0.3) is 0 Å². The van der Waals surface area contributed by atoms with Crippen LogP contribution in [-0.2, 0) is 21.4 Å². The van der Waals surface area contributed by atoms with Crippen LogP contribution >= 0.6 is 0 Å². The third-order valence-corrected chi connectivity index (χ3v) is 3.44. The van der Waals surface area contributed by atoms with E-state index in [2.05, 4.69) is 5.32 Å². The zero-order chi connectivity index (χ0) is 14.5. The Morgan fingerprint density at radius 2 is 2.11 bits per heavy atom.